The molecule has 0 amide bonds. The predicted molar refractivity (Wildman–Crippen MR) is 59.1 cm³/mol. The van der Waals surface area contributed by atoms with Crippen LogP contribution in [0.2, 0.25) is 0 Å². The van der Waals surface area contributed by atoms with E-state index in [0.717, 1.165) is 22.6 Å². The number of carbonyl (C=O) groups is 1. The molecule has 2 aromatic rings. The Kier molecular flexibility index (Phi) is 2.52. The van der Waals surface area contributed by atoms with Crippen molar-refractivity contribution in [3.8, 4) is 11.4 Å². The number of aliphatic carboxylic acids is 1. The van der Waals surface area contributed by atoms with Gasteiger partial charge in [-0.15, -0.1) is 0 Å². The van der Waals surface area contributed by atoms with Crippen LogP contribution in [-0.4, -0.2) is 25.8 Å². The Bertz CT molecular complexity index is 525. The first-order valence-electron chi connectivity index (χ1n) is 4.96. The summed E-state index contributed by atoms with van der Waals surface area (Å²) in [5.74, 6) is -0.825. The van der Waals surface area contributed by atoms with Gasteiger partial charge in [0.25, 0.3) is 0 Å². The van der Waals surface area contributed by atoms with Crippen LogP contribution in [0.25, 0.3) is 11.4 Å². The molecule has 0 radical (unpaired) electrons. The van der Waals surface area contributed by atoms with Gasteiger partial charge in [-0.3, -0.25) is 9.89 Å². The topological polar surface area (TPSA) is 70.9 Å². The Labute approximate surface area is 92.7 Å². The highest BCUT2D eigenvalue weighted by atomic mass is 16.4. The van der Waals surface area contributed by atoms with Gasteiger partial charge in [-0.05, 0) is 24.6 Å². The van der Waals surface area contributed by atoms with Gasteiger partial charge in [0.1, 0.15) is 0 Å². The number of H-pyrrole nitrogens is 1. The number of aryl methyl sites for hydroxylation is 1. The number of hydrogen-bond donors (Lipinski definition) is 2. The lowest BCUT2D eigenvalue weighted by Gasteiger charge is -2.05. The van der Waals surface area contributed by atoms with Gasteiger partial charge >= 0.3 is 5.97 Å². The van der Waals surface area contributed by atoms with Crippen molar-refractivity contribution in [2.24, 2.45) is 7.05 Å². The van der Waals surface area contributed by atoms with Crippen molar-refractivity contribution in [1.82, 2.24) is 14.8 Å². The third-order valence-corrected chi connectivity index (χ3v) is 2.64. The summed E-state index contributed by atoms with van der Waals surface area (Å²) in [6.45, 7) is 1.96. The molecule has 0 aliphatic carbocycles. The van der Waals surface area contributed by atoms with Crippen molar-refractivity contribution in [2.75, 3.05) is 0 Å². The first kappa shape index (κ1) is 10.5. The molecule has 5 heteroatoms. The molecule has 0 bridgehead atoms. The van der Waals surface area contributed by atoms with E-state index in [2.05, 4.69) is 10.2 Å². The normalized spacial score (nSPS) is 10.6. The highest BCUT2D eigenvalue weighted by Gasteiger charge is 2.12. The fourth-order valence-corrected chi connectivity index (χ4v) is 1.74. The molecule has 0 atom stereocenters. The second kappa shape index (κ2) is 3.84. The van der Waals surface area contributed by atoms with Crippen LogP contribution in [0.3, 0.4) is 0 Å². The molecule has 0 saturated heterocycles. The quantitative estimate of drug-likeness (QED) is 0.818. The minimum atomic E-state index is -0.825. The molecule has 2 N–H and O–H groups in total. The molecule has 2 rings (SSSR count). The summed E-state index contributed by atoms with van der Waals surface area (Å²) in [5.41, 5.74) is 3.70. The van der Waals surface area contributed by atoms with E-state index in [4.69, 9.17) is 5.11 Å². The summed E-state index contributed by atoms with van der Waals surface area (Å²) in [5, 5.41) is 15.6. The molecular formula is C11H13N3O2. The van der Waals surface area contributed by atoms with E-state index < -0.39 is 5.97 Å². The first-order chi connectivity index (χ1) is 7.59. The maximum Gasteiger partial charge on any atom is 0.309 e. The maximum atomic E-state index is 10.7. The Morgan fingerprint density at radius 2 is 2.31 bits per heavy atom. The lowest BCUT2D eigenvalue weighted by Crippen LogP contribution is -2.06. The Morgan fingerprint density at radius 1 is 1.56 bits per heavy atom. The Balaban J connectivity index is 2.41. The number of hydrogen-bond acceptors (Lipinski definition) is 2. The van der Waals surface area contributed by atoms with Crippen LogP contribution < -0.4 is 0 Å². The average molecular weight is 219 g/mol. The highest BCUT2D eigenvalue weighted by molar-refractivity contribution is 5.70. The van der Waals surface area contributed by atoms with E-state index >= 15 is 0 Å². The summed E-state index contributed by atoms with van der Waals surface area (Å²) in [6.07, 6.45) is 1.78. The fourth-order valence-electron chi connectivity index (χ4n) is 1.74. The first-order valence-corrected chi connectivity index (χ1v) is 4.96. The summed E-state index contributed by atoms with van der Waals surface area (Å²) >= 11 is 0. The van der Waals surface area contributed by atoms with E-state index in [1.165, 1.54) is 0 Å². The molecule has 0 unspecified atom stereocenters. The van der Waals surface area contributed by atoms with Crippen LogP contribution in [0, 0.1) is 6.92 Å². The van der Waals surface area contributed by atoms with E-state index in [9.17, 15) is 4.79 Å². The zero-order valence-corrected chi connectivity index (χ0v) is 9.19. The summed E-state index contributed by atoms with van der Waals surface area (Å²) in [7, 11) is 1.86. The third-order valence-electron chi connectivity index (χ3n) is 2.64. The number of nitrogens with zero attached hydrogens (tertiary/aromatic N) is 2. The molecule has 16 heavy (non-hydrogen) atoms. The van der Waals surface area contributed by atoms with Gasteiger partial charge in [0.15, 0.2) is 0 Å². The monoisotopic (exact) mass is 219 g/mol. The average Bonchev–Trinajstić information content (AvgIpc) is 2.75. The number of nitrogens with one attached hydrogen (secondary N) is 1. The van der Waals surface area contributed by atoms with E-state index in [1.54, 1.807) is 6.20 Å². The highest BCUT2D eigenvalue weighted by Crippen LogP contribution is 2.22. The van der Waals surface area contributed by atoms with Crippen LogP contribution in [0.15, 0.2) is 18.3 Å². The molecule has 5 nitrogen and oxygen atoms in total. The van der Waals surface area contributed by atoms with Gasteiger partial charge in [-0.25, -0.2) is 0 Å². The molecule has 2 aromatic heterocycles. The van der Waals surface area contributed by atoms with E-state index in [0.29, 0.717) is 0 Å². The molecule has 0 saturated carbocycles. The van der Waals surface area contributed by atoms with Crippen molar-refractivity contribution in [3.05, 3.63) is 29.6 Å². The van der Waals surface area contributed by atoms with Crippen molar-refractivity contribution in [3.63, 3.8) is 0 Å². The fraction of sp³-hybridized carbons (Fsp3) is 0.273. The standard InChI is InChI=1S/C11H13N3O2/c1-7-6-12-13-11(7)9-4-3-8(14(9)2)5-10(15)16/h3-4,6H,5H2,1-2H3,(H,12,13)(H,15,16). The van der Waals surface area contributed by atoms with Crippen molar-refractivity contribution in [1.29, 1.82) is 0 Å². The lowest BCUT2D eigenvalue weighted by atomic mass is 10.2. The molecule has 84 valence electrons. The number of carboxylic acid groups (broad SMARTS) is 1. The molecular weight excluding hydrogens is 206 g/mol. The van der Waals surface area contributed by atoms with Gasteiger partial charge in [0, 0.05) is 12.7 Å². The van der Waals surface area contributed by atoms with Crippen molar-refractivity contribution >= 4 is 5.97 Å². The van der Waals surface area contributed by atoms with Crippen molar-refractivity contribution in [2.45, 2.75) is 13.3 Å². The minimum Gasteiger partial charge on any atom is -0.481 e. The van der Waals surface area contributed by atoms with Gasteiger partial charge in [-0.1, -0.05) is 0 Å². The smallest absolute Gasteiger partial charge is 0.309 e. The molecule has 0 fully saturated rings. The van der Waals surface area contributed by atoms with Crippen LogP contribution in [0.4, 0.5) is 0 Å². The van der Waals surface area contributed by atoms with Gasteiger partial charge < -0.3 is 9.67 Å². The van der Waals surface area contributed by atoms with E-state index in [-0.39, 0.29) is 6.42 Å². The zero-order valence-electron chi connectivity index (χ0n) is 9.19. The number of rotatable bonds is 3. The van der Waals surface area contributed by atoms with Crippen LogP contribution in [-0.2, 0) is 18.3 Å². The number of aromatic nitrogens is 3. The molecule has 0 aromatic carbocycles. The van der Waals surface area contributed by atoms with Gasteiger partial charge in [-0.2, -0.15) is 5.10 Å². The second-order valence-corrected chi connectivity index (χ2v) is 3.77. The SMILES string of the molecule is Cc1cn[nH]c1-c1ccc(CC(=O)O)n1C. The van der Waals surface area contributed by atoms with Gasteiger partial charge in [0.2, 0.25) is 0 Å². The van der Waals surface area contributed by atoms with Gasteiger partial charge in [0.05, 0.1) is 24.0 Å². The summed E-state index contributed by atoms with van der Waals surface area (Å²) < 4.78 is 1.87. The van der Waals surface area contributed by atoms with Crippen LogP contribution in [0.5, 0.6) is 0 Å². The Hall–Kier alpha value is -2.04. The molecule has 2 heterocycles. The van der Waals surface area contributed by atoms with Crippen LogP contribution >= 0.6 is 0 Å². The molecule has 0 spiro atoms. The lowest BCUT2D eigenvalue weighted by molar-refractivity contribution is -0.136. The zero-order chi connectivity index (χ0) is 11.7. The number of aromatic amines is 1. The van der Waals surface area contributed by atoms with Crippen LogP contribution in [0.1, 0.15) is 11.3 Å². The Morgan fingerprint density at radius 3 is 2.88 bits per heavy atom. The minimum absolute atomic E-state index is 0.0314. The summed E-state index contributed by atoms with van der Waals surface area (Å²) in [4.78, 5) is 10.7. The largest absolute Gasteiger partial charge is 0.481 e. The molecule has 0 aliphatic rings. The summed E-state index contributed by atoms with van der Waals surface area (Å²) in [6, 6.07) is 3.72. The second-order valence-electron chi connectivity index (χ2n) is 3.77. The maximum absolute atomic E-state index is 10.7. The predicted octanol–water partition coefficient (Wildman–Crippen LogP) is 1.35. The third kappa shape index (κ3) is 1.71. The number of carboxylic acids is 1. The van der Waals surface area contributed by atoms with Crippen molar-refractivity contribution < 1.29 is 9.90 Å². The van der Waals surface area contributed by atoms with E-state index in [1.807, 2.05) is 30.7 Å². The molecule has 0 aliphatic heterocycles.